The molecule has 1 atom stereocenters. The van der Waals surface area contributed by atoms with Gasteiger partial charge in [-0.3, -0.25) is 24.0 Å². The highest BCUT2D eigenvalue weighted by Gasteiger charge is 2.47. The summed E-state index contributed by atoms with van der Waals surface area (Å²) in [5.74, 6) is 0.170. The number of rotatable bonds is 6. The summed E-state index contributed by atoms with van der Waals surface area (Å²) in [7, 11) is 1.79. The van der Waals surface area contributed by atoms with E-state index in [1.807, 2.05) is 24.3 Å². The summed E-state index contributed by atoms with van der Waals surface area (Å²) in [6, 6.07) is 14.4. The largest absolute Gasteiger partial charge is 0.356 e. The van der Waals surface area contributed by atoms with Crippen molar-refractivity contribution in [1.82, 2.24) is 25.0 Å². The fraction of sp³-hybridized carbons (Fsp3) is 0.261. The van der Waals surface area contributed by atoms with Crippen LogP contribution in [0.3, 0.4) is 0 Å². The quantitative estimate of drug-likeness (QED) is 0.641. The van der Waals surface area contributed by atoms with Gasteiger partial charge >= 0.3 is 0 Å². The van der Waals surface area contributed by atoms with E-state index in [1.165, 1.54) is 0 Å². The van der Waals surface area contributed by atoms with Crippen molar-refractivity contribution in [1.29, 1.82) is 0 Å². The van der Waals surface area contributed by atoms with E-state index in [4.69, 9.17) is 0 Å². The second kappa shape index (κ2) is 7.92. The number of nitrogens with zero attached hydrogens (tertiary/aromatic N) is 5. The lowest BCUT2D eigenvalue weighted by atomic mass is 10.0. The minimum absolute atomic E-state index is 0.129. The molecule has 0 spiro atoms. The van der Waals surface area contributed by atoms with E-state index in [1.54, 1.807) is 52.1 Å². The van der Waals surface area contributed by atoms with Crippen LogP contribution in [0.25, 0.3) is 0 Å². The number of carbonyl (C=O) groups excluding carboxylic acids is 3. The normalized spacial score (nSPS) is 16.6. The van der Waals surface area contributed by atoms with E-state index in [9.17, 15) is 14.4 Å². The van der Waals surface area contributed by atoms with Gasteiger partial charge in [-0.1, -0.05) is 30.3 Å². The Kier molecular flexibility index (Phi) is 4.93. The molecule has 9 heteroatoms. The number of fused-ring (bicyclic) bond motifs is 5. The summed E-state index contributed by atoms with van der Waals surface area (Å²) in [6.07, 6.45) is 1.72. The van der Waals surface area contributed by atoms with Gasteiger partial charge in [0.15, 0.2) is 5.82 Å². The number of benzene rings is 2. The van der Waals surface area contributed by atoms with Gasteiger partial charge < -0.3 is 10.2 Å². The van der Waals surface area contributed by atoms with Gasteiger partial charge in [-0.2, -0.15) is 5.10 Å². The first-order valence-corrected chi connectivity index (χ1v) is 10.5. The van der Waals surface area contributed by atoms with Crippen LogP contribution in [-0.2, 0) is 18.3 Å². The maximum Gasteiger partial charge on any atom is 0.260 e. The second-order valence-corrected chi connectivity index (χ2v) is 7.84. The van der Waals surface area contributed by atoms with Gasteiger partial charge in [0.2, 0.25) is 5.91 Å². The summed E-state index contributed by atoms with van der Waals surface area (Å²) in [5.41, 5.74) is 2.43. The summed E-state index contributed by atoms with van der Waals surface area (Å²) < 4.78 is 1.61. The molecule has 3 aromatic rings. The summed E-state index contributed by atoms with van der Waals surface area (Å²) in [6.45, 7) is 0.611. The highest BCUT2D eigenvalue weighted by molar-refractivity contribution is 6.16. The third-order valence-electron chi connectivity index (χ3n) is 5.78. The van der Waals surface area contributed by atoms with Crippen molar-refractivity contribution in [2.45, 2.75) is 19.0 Å². The van der Waals surface area contributed by atoms with Crippen molar-refractivity contribution >= 4 is 23.4 Å². The SMILES string of the molecule is Cn1cnc(CCNC(=O)CCN2C(=O)c3ccccc3N3C(=O)c4ccccc4C23)n1. The molecule has 5 rings (SSSR count). The topological polar surface area (TPSA) is 100 Å². The lowest BCUT2D eigenvalue weighted by Crippen LogP contribution is -2.49. The summed E-state index contributed by atoms with van der Waals surface area (Å²) in [4.78, 5) is 46.4. The van der Waals surface area contributed by atoms with Crippen molar-refractivity contribution in [3.05, 3.63) is 77.4 Å². The van der Waals surface area contributed by atoms with Gasteiger partial charge in [0.25, 0.3) is 11.8 Å². The van der Waals surface area contributed by atoms with Crippen LogP contribution >= 0.6 is 0 Å². The van der Waals surface area contributed by atoms with E-state index in [-0.39, 0.29) is 30.7 Å². The smallest absolute Gasteiger partial charge is 0.260 e. The van der Waals surface area contributed by atoms with Crippen molar-refractivity contribution in [2.75, 3.05) is 18.0 Å². The summed E-state index contributed by atoms with van der Waals surface area (Å²) >= 11 is 0. The molecule has 32 heavy (non-hydrogen) atoms. The van der Waals surface area contributed by atoms with Crippen molar-refractivity contribution in [3.63, 3.8) is 0 Å². The maximum atomic E-state index is 13.3. The molecule has 3 amide bonds. The first-order chi connectivity index (χ1) is 15.5. The van der Waals surface area contributed by atoms with E-state index >= 15 is 0 Å². The van der Waals surface area contributed by atoms with E-state index in [2.05, 4.69) is 15.4 Å². The van der Waals surface area contributed by atoms with Crippen molar-refractivity contribution < 1.29 is 14.4 Å². The van der Waals surface area contributed by atoms with Gasteiger partial charge in [-0.25, -0.2) is 4.98 Å². The molecule has 2 aliphatic heterocycles. The lowest BCUT2D eigenvalue weighted by Gasteiger charge is -2.40. The molecule has 1 aromatic heterocycles. The first-order valence-electron chi connectivity index (χ1n) is 10.5. The Morgan fingerprint density at radius 3 is 2.56 bits per heavy atom. The average Bonchev–Trinajstić information content (AvgIpc) is 3.35. The molecule has 3 heterocycles. The standard InChI is InChI=1S/C23H22N6O3/c1-27-14-25-19(26-27)10-12-24-20(30)11-13-28-21-15-6-2-3-7-16(15)23(32)29(21)18-9-5-4-8-17(18)22(28)31/h2-9,14,21H,10-13H2,1H3,(H,24,30). The fourth-order valence-electron chi connectivity index (χ4n) is 4.32. The molecule has 2 aliphatic rings. The van der Waals surface area contributed by atoms with Crippen LogP contribution in [0.15, 0.2) is 54.9 Å². The van der Waals surface area contributed by atoms with E-state index in [0.29, 0.717) is 35.6 Å². The minimum atomic E-state index is -0.549. The van der Waals surface area contributed by atoms with E-state index < -0.39 is 6.17 Å². The lowest BCUT2D eigenvalue weighted by molar-refractivity contribution is -0.121. The Hall–Kier alpha value is -4.01. The molecular weight excluding hydrogens is 408 g/mol. The number of nitrogens with one attached hydrogen (secondary N) is 1. The monoisotopic (exact) mass is 430 g/mol. The summed E-state index contributed by atoms with van der Waals surface area (Å²) in [5, 5.41) is 7.04. The Morgan fingerprint density at radius 1 is 1.03 bits per heavy atom. The van der Waals surface area contributed by atoms with Crippen LogP contribution in [0.4, 0.5) is 5.69 Å². The predicted octanol–water partition coefficient (Wildman–Crippen LogP) is 1.68. The molecule has 9 nitrogen and oxygen atoms in total. The minimum Gasteiger partial charge on any atom is -0.356 e. The average molecular weight is 430 g/mol. The third kappa shape index (κ3) is 3.31. The van der Waals surface area contributed by atoms with Crippen LogP contribution in [-0.4, -0.2) is 50.5 Å². The molecule has 0 saturated heterocycles. The van der Waals surface area contributed by atoms with Gasteiger partial charge in [0, 0.05) is 44.1 Å². The van der Waals surface area contributed by atoms with Gasteiger partial charge in [0.05, 0.1) is 11.3 Å². The van der Waals surface area contributed by atoms with Crippen LogP contribution in [0.1, 0.15) is 44.7 Å². The first kappa shape index (κ1) is 19.9. The van der Waals surface area contributed by atoms with Gasteiger partial charge in [0.1, 0.15) is 12.5 Å². The molecule has 0 saturated carbocycles. The van der Waals surface area contributed by atoms with Gasteiger partial charge in [-0.15, -0.1) is 0 Å². The van der Waals surface area contributed by atoms with Crippen LogP contribution in [0, 0.1) is 0 Å². The predicted molar refractivity (Wildman–Crippen MR) is 116 cm³/mol. The number of hydrogen-bond donors (Lipinski definition) is 1. The Balaban J connectivity index is 1.33. The number of anilines is 1. The number of aryl methyl sites for hydroxylation is 1. The highest BCUT2D eigenvalue weighted by Crippen LogP contribution is 2.45. The van der Waals surface area contributed by atoms with Crippen molar-refractivity contribution in [3.8, 4) is 0 Å². The Bertz CT molecular complexity index is 1220. The fourth-order valence-corrected chi connectivity index (χ4v) is 4.32. The number of hydrogen-bond acceptors (Lipinski definition) is 5. The molecule has 2 aromatic carbocycles. The van der Waals surface area contributed by atoms with Crippen LogP contribution in [0.5, 0.6) is 0 Å². The zero-order valence-electron chi connectivity index (χ0n) is 17.6. The number of amides is 3. The maximum absolute atomic E-state index is 13.3. The molecule has 0 fully saturated rings. The number of aromatic nitrogens is 3. The molecule has 1 N–H and O–H groups in total. The zero-order chi connectivity index (χ0) is 22.2. The molecule has 1 unspecified atom stereocenters. The van der Waals surface area contributed by atoms with Gasteiger partial charge in [-0.05, 0) is 18.2 Å². The van der Waals surface area contributed by atoms with E-state index in [0.717, 1.165) is 5.56 Å². The van der Waals surface area contributed by atoms with Crippen LogP contribution < -0.4 is 10.2 Å². The van der Waals surface area contributed by atoms with Crippen LogP contribution in [0.2, 0.25) is 0 Å². The molecule has 0 radical (unpaired) electrons. The zero-order valence-corrected chi connectivity index (χ0v) is 17.6. The molecular formula is C23H22N6O3. The second-order valence-electron chi connectivity index (χ2n) is 7.84. The molecule has 0 aliphatic carbocycles. The number of para-hydroxylation sites is 1. The molecule has 162 valence electrons. The van der Waals surface area contributed by atoms with Crippen molar-refractivity contribution in [2.24, 2.45) is 7.05 Å². The third-order valence-corrected chi connectivity index (χ3v) is 5.78. The molecule has 0 bridgehead atoms. The highest BCUT2D eigenvalue weighted by atomic mass is 16.2. The Morgan fingerprint density at radius 2 is 1.78 bits per heavy atom. The Labute approximate surface area is 184 Å². The number of carbonyl (C=O) groups is 3.